The van der Waals surface area contributed by atoms with Crippen LogP contribution in [0.2, 0.25) is 0 Å². The highest BCUT2D eigenvalue weighted by atomic mass is 79.9. The standard InChI is InChI=1S/C13H19BrN4O/c14-12-11(16-17-6-2-1-3-7-17)8-15-18(13(12)19)9-10-4-5-10/h8,10,16H,1-7,9H2. The number of hydrogen-bond acceptors (Lipinski definition) is 4. The van der Waals surface area contributed by atoms with Crippen LogP contribution in [0.3, 0.4) is 0 Å². The Bertz CT molecular complexity index is 506. The Morgan fingerprint density at radius 1 is 1.32 bits per heavy atom. The number of rotatable bonds is 4. The number of piperidine rings is 1. The first-order valence-corrected chi connectivity index (χ1v) is 7.80. The molecule has 6 heteroatoms. The summed E-state index contributed by atoms with van der Waals surface area (Å²) >= 11 is 3.41. The van der Waals surface area contributed by atoms with Gasteiger partial charge in [0, 0.05) is 19.6 Å². The number of halogens is 1. The number of hydrazine groups is 1. The molecule has 0 amide bonds. The summed E-state index contributed by atoms with van der Waals surface area (Å²) in [6, 6.07) is 0. The van der Waals surface area contributed by atoms with Crippen molar-refractivity contribution in [3.05, 3.63) is 21.0 Å². The van der Waals surface area contributed by atoms with Crippen LogP contribution in [0.1, 0.15) is 32.1 Å². The molecule has 0 atom stereocenters. The zero-order valence-corrected chi connectivity index (χ0v) is 12.5. The van der Waals surface area contributed by atoms with Gasteiger partial charge in [0.1, 0.15) is 4.47 Å². The van der Waals surface area contributed by atoms with E-state index in [2.05, 4.69) is 31.5 Å². The summed E-state index contributed by atoms with van der Waals surface area (Å²) in [6.45, 7) is 2.80. The van der Waals surface area contributed by atoms with Gasteiger partial charge in [-0.15, -0.1) is 0 Å². The van der Waals surface area contributed by atoms with E-state index in [0.29, 0.717) is 10.4 Å². The molecule has 2 aliphatic rings. The Kier molecular flexibility index (Phi) is 3.88. The first-order valence-electron chi connectivity index (χ1n) is 7.01. The van der Waals surface area contributed by atoms with E-state index in [-0.39, 0.29) is 5.56 Å². The topological polar surface area (TPSA) is 50.2 Å². The summed E-state index contributed by atoms with van der Waals surface area (Å²) in [5.74, 6) is 0.651. The average molecular weight is 327 g/mol. The number of aromatic nitrogens is 2. The third kappa shape index (κ3) is 3.17. The van der Waals surface area contributed by atoms with Gasteiger partial charge in [0.05, 0.1) is 11.9 Å². The molecular weight excluding hydrogens is 308 g/mol. The molecule has 1 N–H and O–H groups in total. The van der Waals surface area contributed by atoms with Crippen LogP contribution in [-0.2, 0) is 6.54 Å². The third-order valence-corrected chi connectivity index (χ3v) is 4.51. The van der Waals surface area contributed by atoms with Crippen molar-refractivity contribution in [2.24, 2.45) is 5.92 Å². The van der Waals surface area contributed by atoms with Crippen molar-refractivity contribution in [1.82, 2.24) is 14.8 Å². The maximum absolute atomic E-state index is 12.2. The summed E-state index contributed by atoms with van der Waals surface area (Å²) in [7, 11) is 0. The second-order valence-electron chi connectivity index (χ2n) is 5.46. The summed E-state index contributed by atoms with van der Waals surface area (Å²) < 4.78 is 2.16. The molecular formula is C13H19BrN4O. The largest absolute Gasteiger partial charge is 0.316 e. The van der Waals surface area contributed by atoms with Crippen LogP contribution >= 0.6 is 15.9 Å². The van der Waals surface area contributed by atoms with E-state index in [1.165, 1.54) is 32.1 Å². The molecule has 3 rings (SSSR count). The van der Waals surface area contributed by atoms with Crippen molar-refractivity contribution < 1.29 is 0 Å². The predicted octanol–water partition coefficient (Wildman–Crippen LogP) is 2.23. The highest BCUT2D eigenvalue weighted by Gasteiger charge is 2.23. The van der Waals surface area contributed by atoms with Gasteiger partial charge in [-0.25, -0.2) is 9.69 Å². The lowest BCUT2D eigenvalue weighted by molar-refractivity contribution is 0.273. The van der Waals surface area contributed by atoms with Crippen molar-refractivity contribution >= 4 is 21.6 Å². The maximum atomic E-state index is 12.2. The van der Waals surface area contributed by atoms with Crippen molar-refractivity contribution in [1.29, 1.82) is 0 Å². The number of nitrogens with zero attached hydrogens (tertiary/aromatic N) is 3. The summed E-state index contributed by atoms with van der Waals surface area (Å²) in [5, 5.41) is 6.43. The smallest absolute Gasteiger partial charge is 0.283 e. The predicted molar refractivity (Wildman–Crippen MR) is 78.0 cm³/mol. The Hall–Kier alpha value is -0.880. The molecule has 1 saturated heterocycles. The van der Waals surface area contributed by atoms with Crippen LogP contribution in [0.5, 0.6) is 0 Å². The summed E-state index contributed by atoms with van der Waals surface area (Å²) in [5.41, 5.74) is 4.04. The Balaban J connectivity index is 1.74. The van der Waals surface area contributed by atoms with Crippen LogP contribution in [0.15, 0.2) is 15.5 Å². The van der Waals surface area contributed by atoms with Crippen LogP contribution in [0, 0.1) is 5.92 Å². The summed E-state index contributed by atoms with van der Waals surface area (Å²) in [4.78, 5) is 12.2. The van der Waals surface area contributed by atoms with Crippen molar-refractivity contribution in [3.8, 4) is 0 Å². The lowest BCUT2D eigenvalue weighted by Crippen LogP contribution is -2.36. The second-order valence-corrected chi connectivity index (χ2v) is 6.26. The highest BCUT2D eigenvalue weighted by molar-refractivity contribution is 9.10. The zero-order chi connectivity index (χ0) is 13.2. The van der Waals surface area contributed by atoms with Gasteiger partial charge in [0.15, 0.2) is 0 Å². The maximum Gasteiger partial charge on any atom is 0.283 e. The molecule has 19 heavy (non-hydrogen) atoms. The van der Waals surface area contributed by atoms with E-state index in [9.17, 15) is 4.79 Å². The minimum atomic E-state index is -0.0334. The Morgan fingerprint density at radius 3 is 2.74 bits per heavy atom. The normalized spacial score (nSPS) is 20.5. The quantitative estimate of drug-likeness (QED) is 0.921. The molecule has 5 nitrogen and oxygen atoms in total. The number of anilines is 1. The van der Waals surface area contributed by atoms with Gasteiger partial charge < -0.3 is 5.43 Å². The molecule has 1 aliphatic carbocycles. The van der Waals surface area contributed by atoms with Gasteiger partial charge in [0.25, 0.3) is 5.56 Å². The minimum Gasteiger partial charge on any atom is -0.316 e. The van der Waals surface area contributed by atoms with Crippen molar-refractivity contribution in [3.63, 3.8) is 0 Å². The van der Waals surface area contributed by atoms with Crippen LogP contribution in [0.25, 0.3) is 0 Å². The molecule has 0 bridgehead atoms. The highest BCUT2D eigenvalue weighted by Crippen LogP contribution is 2.30. The van der Waals surface area contributed by atoms with Gasteiger partial charge in [0.2, 0.25) is 0 Å². The zero-order valence-electron chi connectivity index (χ0n) is 10.9. The Morgan fingerprint density at radius 2 is 2.05 bits per heavy atom. The first kappa shape index (κ1) is 13.1. The average Bonchev–Trinajstić information content (AvgIpc) is 3.24. The van der Waals surface area contributed by atoms with E-state index in [1.54, 1.807) is 10.9 Å². The SMILES string of the molecule is O=c1c(Br)c(NN2CCCCC2)cnn1CC1CC1. The molecule has 1 aromatic heterocycles. The van der Waals surface area contributed by atoms with E-state index in [0.717, 1.165) is 25.3 Å². The van der Waals surface area contributed by atoms with Gasteiger partial charge in [-0.3, -0.25) is 4.79 Å². The monoisotopic (exact) mass is 326 g/mol. The summed E-state index contributed by atoms with van der Waals surface area (Å²) in [6.07, 6.45) is 7.90. The lowest BCUT2D eigenvalue weighted by atomic mass is 10.2. The molecule has 1 aromatic rings. The molecule has 0 spiro atoms. The van der Waals surface area contributed by atoms with Crippen LogP contribution < -0.4 is 11.0 Å². The van der Waals surface area contributed by atoms with Gasteiger partial charge in [-0.05, 0) is 47.5 Å². The lowest BCUT2D eigenvalue weighted by Gasteiger charge is -2.28. The molecule has 1 saturated carbocycles. The fraction of sp³-hybridized carbons (Fsp3) is 0.692. The van der Waals surface area contributed by atoms with Crippen molar-refractivity contribution in [2.45, 2.75) is 38.6 Å². The van der Waals surface area contributed by atoms with E-state index in [4.69, 9.17) is 0 Å². The van der Waals surface area contributed by atoms with E-state index < -0.39 is 0 Å². The molecule has 0 aromatic carbocycles. The Labute approximate surface area is 121 Å². The fourth-order valence-electron chi connectivity index (χ4n) is 2.39. The fourth-order valence-corrected chi connectivity index (χ4v) is 2.79. The third-order valence-electron chi connectivity index (χ3n) is 3.75. The van der Waals surface area contributed by atoms with Crippen LogP contribution in [0.4, 0.5) is 5.69 Å². The van der Waals surface area contributed by atoms with Gasteiger partial charge in [-0.2, -0.15) is 5.10 Å². The number of nitrogens with one attached hydrogen (secondary N) is 1. The molecule has 0 unspecified atom stereocenters. The van der Waals surface area contributed by atoms with E-state index >= 15 is 0 Å². The second kappa shape index (κ2) is 5.63. The first-order chi connectivity index (χ1) is 9.24. The van der Waals surface area contributed by atoms with Crippen LogP contribution in [-0.4, -0.2) is 27.9 Å². The van der Waals surface area contributed by atoms with Gasteiger partial charge in [-0.1, -0.05) is 6.42 Å². The minimum absolute atomic E-state index is 0.0334. The molecule has 2 fully saturated rings. The van der Waals surface area contributed by atoms with Gasteiger partial charge >= 0.3 is 0 Å². The molecule has 2 heterocycles. The number of hydrogen-bond donors (Lipinski definition) is 1. The van der Waals surface area contributed by atoms with Crippen molar-refractivity contribution in [2.75, 3.05) is 18.5 Å². The molecule has 1 aliphatic heterocycles. The molecule has 0 radical (unpaired) electrons. The molecule has 104 valence electrons. The van der Waals surface area contributed by atoms with E-state index in [1.807, 2.05) is 0 Å².